The molecule has 3 heterocycles. The van der Waals surface area contributed by atoms with Crippen molar-refractivity contribution < 1.29 is 9.53 Å². The van der Waals surface area contributed by atoms with Gasteiger partial charge in [-0.3, -0.25) is 0 Å². The number of carbonyl (C=O) groups excluding carboxylic acids is 1. The van der Waals surface area contributed by atoms with Gasteiger partial charge in [0, 0.05) is 31.2 Å². The van der Waals surface area contributed by atoms with Gasteiger partial charge in [-0.15, -0.1) is 0 Å². The molecule has 3 aliphatic heterocycles. The van der Waals surface area contributed by atoms with E-state index in [1.54, 1.807) is 0 Å². The Morgan fingerprint density at radius 1 is 1.18 bits per heavy atom. The molecule has 17 heavy (non-hydrogen) atoms. The van der Waals surface area contributed by atoms with Crippen molar-refractivity contribution in [2.75, 3.05) is 26.3 Å². The van der Waals surface area contributed by atoms with E-state index in [0.717, 1.165) is 25.9 Å². The summed E-state index contributed by atoms with van der Waals surface area (Å²) in [5.41, 5.74) is 0. The summed E-state index contributed by atoms with van der Waals surface area (Å²) >= 11 is 0. The molecule has 0 aromatic rings. The van der Waals surface area contributed by atoms with E-state index in [0.29, 0.717) is 31.3 Å². The van der Waals surface area contributed by atoms with Gasteiger partial charge in [0.2, 0.25) is 0 Å². The maximum Gasteiger partial charge on any atom is 0.317 e. The largest absolute Gasteiger partial charge is 0.378 e. The fourth-order valence-corrected chi connectivity index (χ4v) is 3.21. The normalized spacial score (nSPS) is 36.9. The molecule has 3 fully saturated rings. The van der Waals surface area contributed by atoms with Crippen LogP contribution in [0, 0.1) is 0 Å². The molecule has 2 atom stereocenters. The number of hydrogen-bond donors (Lipinski definition) is 2. The van der Waals surface area contributed by atoms with E-state index in [4.69, 9.17) is 4.74 Å². The van der Waals surface area contributed by atoms with Crippen LogP contribution in [0.3, 0.4) is 0 Å². The number of hydrogen-bond acceptors (Lipinski definition) is 3. The molecule has 0 saturated carbocycles. The van der Waals surface area contributed by atoms with E-state index < -0.39 is 0 Å². The number of morpholine rings is 1. The molecule has 0 aliphatic carbocycles. The first kappa shape index (κ1) is 11.3. The zero-order valence-electron chi connectivity index (χ0n) is 10.2. The van der Waals surface area contributed by atoms with Crippen LogP contribution >= 0.6 is 0 Å². The predicted molar refractivity (Wildman–Crippen MR) is 63.9 cm³/mol. The molecule has 0 aromatic heterocycles. The third kappa shape index (κ3) is 2.55. The molecular formula is C12H21N3O2. The van der Waals surface area contributed by atoms with Gasteiger partial charge < -0.3 is 20.3 Å². The van der Waals surface area contributed by atoms with E-state index in [1.807, 2.05) is 4.90 Å². The van der Waals surface area contributed by atoms with Crippen molar-refractivity contribution in [3.05, 3.63) is 0 Å². The van der Waals surface area contributed by atoms with Crippen molar-refractivity contribution in [2.45, 2.75) is 43.8 Å². The molecule has 0 spiro atoms. The highest BCUT2D eigenvalue weighted by molar-refractivity contribution is 5.74. The van der Waals surface area contributed by atoms with Crippen LogP contribution in [-0.4, -0.2) is 55.4 Å². The lowest BCUT2D eigenvalue weighted by Gasteiger charge is -2.33. The number of urea groups is 1. The van der Waals surface area contributed by atoms with Crippen molar-refractivity contribution >= 4 is 6.03 Å². The number of nitrogens with one attached hydrogen (secondary N) is 2. The summed E-state index contributed by atoms with van der Waals surface area (Å²) in [6.07, 6.45) is 4.72. The average Bonchev–Trinajstić information content (AvgIpc) is 2.70. The monoisotopic (exact) mass is 239 g/mol. The zero-order chi connectivity index (χ0) is 11.7. The lowest BCUT2D eigenvalue weighted by atomic mass is 10.00. The fourth-order valence-electron chi connectivity index (χ4n) is 3.21. The van der Waals surface area contributed by atoms with E-state index in [9.17, 15) is 4.79 Å². The summed E-state index contributed by atoms with van der Waals surface area (Å²) in [7, 11) is 0. The first-order valence-electron chi connectivity index (χ1n) is 6.70. The SMILES string of the molecule is O=C(NC1CC2CCC(C1)N2)N1CCOCC1. The van der Waals surface area contributed by atoms with Gasteiger partial charge in [0.05, 0.1) is 13.2 Å². The van der Waals surface area contributed by atoms with Crippen LogP contribution < -0.4 is 10.6 Å². The Kier molecular flexibility index (Phi) is 3.20. The van der Waals surface area contributed by atoms with Gasteiger partial charge in [-0.25, -0.2) is 4.79 Å². The molecular weight excluding hydrogens is 218 g/mol. The number of ether oxygens (including phenoxy) is 1. The number of piperidine rings is 1. The van der Waals surface area contributed by atoms with Crippen molar-refractivity contribution in [1.29, 1.82) is 0 Å². The number of fused-ring (bicyclic) bond motifs is 2. The van der Waals surface area contributed by atoms with Gasteiger partial charge in [-0.2, -0.15) is 0 Å². The molecule has 2 amide bonds. The quantitative estimate of drug-likeness (QED) is 0.692. The third-order valence-electron chi connectivity index (χ3n) is 4.10. The van der Waals surface area contributed by atoms with Crippen LogP contribution in [0.15, 0.2) is 0 Å². The van der Waals surface area contributed by atoms with Gasteiger partial charge in [0.25, 0.3) is 0 Å². The minimum Gasteiger partial charge on any atom is -0.378 e. The number of amides is 2. The van der Waals surface area contributed by atoms with Crippen LogP contribution in [0.5, 0.6) is 0 Å². The molecule has 3 saturated heterocycles. The molecule has 3 rings (SSSR count). The maximum atomic E-state index is 12.0. The van der Waals surface area contributed by atoms with Crippen LogP contribution in [-0.2, 0) is 4.74 Å². The van der Waals surface area contributed by atoms with E-state index in [2.05, 4.69) is 10.6 Å². The summed E-state index contributed by atoms with van der Waals surface area (Å²) < 4.78 is 5.25. The molecule has 3 aliphatic rings. The van der Waals surface area contributed by atoms with Crippen molar-refractivity contribution in [3.8, 4) is 0 Å². The standard InChI is InChI=1S/C12H21N3O2/c16-12(15-3-5-17-6-4-15)14-11-7-9-1-2-10(8-11)13-9/h9-11,13H,1-8H2,(H,14,16). The van der Waals surface area contributed by atoms with Crippen LogP contribution in [0.4, 0.5) is 4.79 Å². The Morgan fingerprint density at radius 3 is 2.47 bits per heavy atom. The Hall–Kier alpha value is -0.810. The second-order valence-electron chi connectivity index (χ2n) is 5.36. The Balaban J connectivity index is 1.50. The molecule has 96 valence electrons. The Bertz CT molecular complexity index is 279. The summed E-state index contributed by atoms with van der Waals surface area (Å²) in [6.45, 7) is 2.79. The Morgan fingerprint density at radius 2 is 1.82 bits per heavy atom. The number of nitrogens with zero attached hydrogens (tertiary/aromatic N) is 1. The summed E-state index contributed by atoms with van der Waals surface area (Å²) in [5.74, 6) is 0. The minimum absolute atomic E-state index is 0.0969. The first-order chi connectivity index (χ1) is 8.31. The lowest BCUT2D eigenvalue weighted by Crippen LogP contribution is -2.53. The molecule has 5 heteroatoms. The summed E-state index contributed by atoms with van der Waals surface area (Å²) in [6, 6.07) is 1.72. The zero-order valence-corrected chi connectivity index (χ0v) is 10.2. The molecule has 2 unspecified atom stereocenters. The second-order valence-corrected chi connectivity index (χ2v) is 5.36. The number of rotatable bonds is 1. The summed E-state index contributed by atoms with van der Waals surface area (Å²) in [4.78, 5) is 13.9. The minimum atomic E-state index is 0.0969. The van der Waals surface area contributed by atoms with Gasteiger partial charge in [-0.1, -0.05) is 0 Å². The highest BCUT2D eigenvalue weighted by atomic mass is 16.5. The lowest BCUT2D eigenvalue weighted by molar-refractivity contribution is 0.0520. The molecule has 2 N–H and O–H groups in total. The summed E-state index contributed by atoms with van der Waals surface area (Å²) in [5, 5.41) is 6.77. The van der Waals surface area contributed by atoms with Gasteiger partial charge in [0.1, 0.15) is 0 Å². The Labute approximate surface area is 102 Å². The van der Waals surface area contributed by atoms with Crippen molar-refractivity contribution in [2.24, 2.45) is 0 Å². The van der Waals surface area contributed by atoms with Gasteiger partial charge in [0.15, 0.2) is 0 Å². The predicted octanol–water partition coefficient (Wildman–Crippen LogP) is 0.311. The first-order valence-corrected chi connectivity index (χ1v) is 6.70. The maximum absolute atomic E-state index is 12.0. The topological polar surface area (TPSA) is 53.6 Å². The molecule has 0 aromatic carbocycles. The van der Waals surface area contributed by atoms with Crippen LogP contribution in [0.2, 0.25) is 0 Å². The van der Waals surface area contributed by atoms with E-state index >= 15 is 0 Å². The van der Waals surface area contributed by atoms with E-state index in [1.165, 1.54) is 12.8 Å². The van der Waals surface area contributed by atoms with Crippen LogP contribution in [0.1, 0.15) is 25.7 Å². The van der Waals surface area contributed by atoms with Gasteiger partial charge in [-0.05, 0) is 25.7 Å². The number of carbonyl (C=O) groups is 1. The fraction of sp³-hybridized carbons (Fsp3) is 0.917. The van der Waals surface area contributed by atoms with Crippen LogP contribution in [0.25, 0.3) is 0 Å². The van der Waals surface area contributed by atoms with Crippen molar-refractivity contribution in [1.82, 2.24) is 15.5 Å². The molecule has 0 radical (unpaired) electrons. The van der Waals surface area contributed by atoms with E-state index in [-0.39, 0.29) is 6.03 Å². The highest BCUT2D eigenvalue weighted by Crippen LogP contribution is 2.26. The average molecular weight is 239 g/mol. The van der Waals surface area contributed by atoms with Crippen molar-refractivity contribution in [3.63, 3.8) is 0 Å². The van der Waals surface area contributed by atoms with Gasteiger partial charge >= 0.3 is 6.03 Å². The third-order valence-corrected chi connectivity index (χ3v) is 4.10. The smallest absolute Gasteiger partial charge is 0.317 e. The highest BCUT2D eigenvalue weighted by Gasteiger charge is 2.34. The second kappa shape index (κ2) is 4.82. The molecule has 5 nitrogen and oxygen atoms in total. The molecule has 2 bridgehead atoms.